The molecule has 48 heavy (non-hydrogen) atoms. The number of nitrogens with one attached hydrogen (secondary N) is 3. The number of aromatic nitrogens is 4. The standard InChI is InChI=1S/C35H41N7O6/c1-8-19(2)31(35(45)37-23-12-9-21(10-13-23)34-39-41-42(4)40-34)38-27-16-14-24-25(18-28(27)44)26(36-20(3)43)15-11-22-17-29(46-5)32(47-6)33(48-7)30(22)24/h9-10,12-14,16-19,26,31H,8,11,15H2,1-7H3,(H,36,43)(H,37,45)(H,38,44)/t19-,26+,31+/m1/s1. The number of rotatable bonds is 11. The lowest BCUT2D eigenvalue weighted by molar-refractivity contribution is -0.120. The molecule has 4 aromatic rings. The van der Waals surface area contributed by atoms with Gasteiger partial charge in [-0.25, -0.2) is 0 Å². The third kappa shape index (κ3) is 6.94. The number of benzene rings is 2. The number of nitrogens with zero attached hydrogens (tertiary/aromatic N) is 4. The van der Waals surface area contributed by atoms with Gasteiger partial charge in [-0.1, -0.05) is 26.3 Å². The fourth-order valence-electron chi connectivity index (χ4n) is 6.02. The summed E-state index contributed by atoms with van der Waals surface area (Å²) in [7, 11) is 6.34. The van der Waals surface area contributed by atoms with E-state index in [1.54, 1.807) is 51.6 Å². The Balaban J connectivity index is 1.54. The molecule has 5 rings (SSSR count). The van der Waals surface area contributed by atoms with Gasteiger partial charge in [0.15, 0.2) is 11.5 Å². The van der Waals surface area contributed by atoms with Crippen molar-refractivity contribution in [3.05, 3.63) is 69.9 Å². The number of ether oxygens (including phenoxy) is 3. The fourth-order valence-corrected chi connectivity index (χ4v) is 6.02. The Morgan fingerprint density at radius 3 is 2.35 bits per heavy atom. The number of fused-ring (bicyclic) bond motifs is 3. The van der Waals surface area contributed by atoms with E-state index in [4.69, 9.17) is 14.2 Å². The van der Waals surface area contributed by atoms with Crippen molar-refractivity contribution in [2.75, 3.05) is 32.0 Å². The molecule has 1 aliphatic carbocycles. The highest BCUT2D eigenvalue weighted by Gasteiger charge is 2.30. The van der Waals surface area contributed by atoms with Crippen molar-refractivity contribution in [1.29, 1.82) is 0 Å². The molecule has 0 spiro atoms. The number of hydrogen-bond donors (Lipinski definition) is 3. The number of tetrazole rings is 1. The van der Waals surface area contributed by atoms with Gasteiger partial charge < -0.3 is 30.2 Å². The first kappa shape index (κ1) is 33.9. The van der Waals surface area contributed by atoms with E-state index in [9.17, 15) is 14.4 Å². The van der Waals surface area contributed by atoms with Crippen LogP contribution in [-0.2, 0) is 23.1 Å². The second-order valence-corrected chi connectivity index (χ2v) is 11.8. The Labute approximate surface area is 279 Å². The van der Waals surface area contributed by atoms with Gasteiger partial charge in [-0.3, -0.25) is 14.4 Å². The molecule has 3 N–H and O–H groups in total. The van der Waals surface area contributed by atoms with Crippen LogP contribution in [0, 0.1) is 5.92 Å². The SMILES string of the molecule is CC[C@@H](C)[C@H](Nc1ccc2c(cc1=O)[C@@H](NC(C)=O)CCc1cc(OC)c(OC)c(OC)c1-2)C(=O)Nc1ccc(-c2nnn(C)n2)cc1. The zero-order valence-corrected chi connectivity index (χ0v) is 28.2. The van der Waals surface area contributed by atoms with Crippen LogP contribution >= 0.6 is 0 Å². The van der Waals surface area contributed by atoms with E-state index in [0.717, 1.165) is 16.7 Å². The normalized spacial score (nSPS) is 14.8. The van der Waals surface area contributed by atoms with Crippen molar-refractivity contribution in [2.24, 2.45) is 13.0 Å². The Morgan fingerprint density at radius 2 is 1.75 bits per heavy atom. The maximum absolute atomic E-state index is 13.9. The van der Waals surface area contributed by atoms with Crippen molar-refractivity contribution in [1.82, 2.24) is 25.5 Å². The van der Waals surface area contributed by atoms with Crippen LogP contribution in [0.1, 0.15) is 50.8 Å². The summed E-state index contributed by atoms with van der Waals surface area (Å²) < 4.78 is 17.2. The van der Waals surface area contributed by atoms with Crippen LogP contribution in [0.4, 0.5) is 11.4 Å². The monoisotopic (exact) mass is 655 g/mol. The molecule has 0 unspecified atom stereocenters. The summed E-state index contributed by atoms with van der Waals surface area (Å²) in [5.41, 5.74) is 4.27. The number of hydrogen-bond acceptors (Lipinski definition) is 10. The van der Waals surface area contributed by atoms with E-state index in [-0.39, 0.29) is 28.8 Å². The molecular formula is C35H41N7O6. The molecule has 1 heterocycles. The third-order valence-electron chi connectivity index (χ3n) is 8.64. The molecule has 3 atom stereocenters. The van der Waals surface area contributed by atoms with Crippen molar-refractivity contribution in [2.45, 2.75) is 52.1 Å². The summed E-state index contributed by atoms with van der Waals surface area (Å²) in [5.74, 6) is 1.24. The van der Waals surface area contributed by atoms with Crippen molar-refractivity contribution in [3.8, 4) is 39.8 Å². The molecule has 1 aromatic heterocycles. The van der Waals surface area contributed by atoms with Crippen molar-refractivity contribution >= 4 is 23.2 Å². The van der Waals surface area contributed by atoms with Gasteiger partial charge in [0.05, 0.1) is 40.1 Å². The van der Waals surface area contributed by atoms with Crippen LogP contribution in [0.15, 0.2) is 53.3 Å². The van der Waals surface area contributed by atoms with Crippen LogP contribution in [-0.4, -0.2) is 59.4 Å². The molecule has 0 radical (unpaired) electrons. The van der Waals surface area contributed by atoms with E-state index in [0.29, 0.717) is 59.1 Å². The summed E-state index contributed by atoms with van der Waals surface area (Å²) in [6.45, 7) is 5.40. The van der Waals surface area contributed by atoms with Gasteiger partial charge in [0, 0.05) is 23.7 Å². The number of anilines is 2. The summed E-state index contributed by atoms with van der Waals surface area (Å²) in [6, 6.07) is 12.9. The Bertz CT molecular complexity index is 1870. The first-order valence-electron chi connectivity index (χ1n) is 15.8. The molecule has 1 aliphatic rings. The van der Waals surface area contributed by atoms with Gasteiger partial charge >= 0.3 is 0 Å². The van der Waals surface area contributed by atoms with Crippen LogP contribution in [0.25, 0.3) is 22.5 Å². The van der Waals surface area contributed by atoms with E-state index < -0.39 is 12.1 Å². The molecule has 3 aromatic carbocycles. The van der Waals surface area contributed by atoms with Gasteiger partial charge in [-0.2, -0.15) is 4.80 Å². The highest BCUT2D eigenvalue weighted by Crippen LogP contribution is 2.50. The van der Waals surface area contributed by atoms with Crippen LogP contribution in [0.2, 0.25) is 0 Å². The minimum atomic E-state index is -0.733. The molecule has 0 saturated heterocycles. The largest absolute Gasteiger partial charge is 0.493 e. The van der Waals surface area contributed by atoms with Crippen molar-refractivity contribution in [3.63, 3.8) is 0 Å². The lowest BCUT2D eigenvalue weighted by Gasteiger charge is -2.24. The zero-order valence-electron chi connectivity index (χ0n) is 28.2. The Kier molecular flexibility index (Phi) is 10.3. The minimum Gasteiger partial charge on any atom is -0.493 e. The first-order chi connectivity index (χ1) is 23.1. The average molecular weight is 656 g/mol. The van der Waals surface area contributed by atoms with Gasteiger partial charge in [0.1, 0.15) is 6.04 Å². The zero-order chi connectivity index (χ0) is 34.5. The second-order valence-electron chi connectivity index (χ2n) is 11.8. The number of methoxy groups -OCH3 is 3. The molecule has 252 valence electrons. The lowest BCUT2D eigenvalue weighted by atomic mass is 9.95. The third-order valence-corrected chi connectivity index (χ3v) is 8.64. The lowest BCUT2D eigenvalue weighted by Crippen LogP contribution is -2.40. The molecule has 13 nitrogen and oxygen atoms in total. The van der Waals surface area contributed by atoms with E-state index in [1.807, 2.05) is 26.0 Å². The quantitative estimate of drug-likeness (QED) is 0.210. The summed E-state index contributed by atoms with van der Waals surface area (Å²) in [4.78, 5) is 41.3. The van der Waals surface area contributed by atoms with Crippen LogP contribution in [0.3, 0.4) is 0 Å². The smallest absolute Gasteiger partial charge is 0.247 e. The average Bonchev–Trinajstić information content (AvgIpc) is 3.38. The molecule has 2 amide bonds. The Hall–Kier alpha value is -5.46. The van der Waals surface area contributed by atoms with Crippen molar-refractivity contribution < 1.29 is 23.8 Å². The van der Waals surface area contributed by atoms with Gasteiger partial charge in [0.25, 0.3) is 0 Å². The second kappa shape index (κ2) is 14.5. The first-order valence-corrected chi connectivity index (χ1v) is 15.8. The highest BCUT2D eigenvalue weighted by atomic mass is 16.5. The predicted octanol–water partition coefficient (Wildman–Crippen LogP) is 4.52. The number of amides is 2. The van der Waals surface area contributed by atoms with Crippen LogP contribution in [0.5, 0.6) is 17.2 Å². The van der Waals surface area contributed by atoms with Crippen LogP contribution < -0.4 is 35.6 Å². The molecule has 0 saturated carbocycles. The molecule has 0 aliphatic heterocycles. The number of carbonyl (C=O) groups is 2. The molecular weight excluding hydrogens is 614 g/mol. The van der Waals surface area contributed by atoms with Gasteiger partial charge in [-0.15, -0.1) is 10.2 Å². The molecule has 0 fully saturated rings. The predicted molar refractivity (Wildman–Crippen MR) is 182 cm³/mol. The molecule has 0 bridgehead atoms. The Morgan fingerprint density at radius 1 is 1.02 bits per heavy atom. The topological polar surface area (TPSA) is 159 Å². The minimum absolute atomic E-state index is 0.125. The van der Waals surface area contributed by atoms with E-state index in [1.165, 1.54) is 24.9 Å². The maximum Gasteiger partial charge on any atom is 0.247 e. The highest BCUT2D eigenvalue weighted by molar-refractivity contribution is 5.97. The molecule has 13 heteroatoms. The van der Waals surface area contributed by atoms with Gasteiger partial charge in [-0.05, 0) is 83.1 Å². The van der Waals surface area contributed by atoms with E-state index in [2.05, 4.69) is 31.4 Å². The maximum atomic E-state index is 13.9. The van der Waals surface area contributed by atoms with Gasteiger partial charge in [0.2, 0.25) is 28.8 Å². The number of aryl methyl sites for hydroxylation is 2. The summed E-state index contributed by atoms with van der Waals surface area (Å²) in [6.07, 6.45) is 1.80. The summed E-state index contributed by atoms with van der Waals surface area (Å²) >= 11 is 0. The van der Waals surface area contributed by atoms with E-state index >= 15 is 0 Å². The fraction of sp³-hybridized carbons (Fsp3) is 0.371. The number of carbonyl (C=O) groups excluding carboxylic acids is 2. The summed E-state index contributed by atoms with van der Waals surface area (Å²) in [5, 5.41) is 21.3.